The van der Waals surface area contributed by atoms with Crippen LogP contribution in [0, 0.1) is 6.92 Å². The Morgan fingerprint density at radius 3 is 2.43 bits per heavy atom. The minimum atomic E-state index is 0.0645. The summed E-state index contributed by atoms with van der Waals surface area (Å²) in [4.78, 5) is 0. The summed E-state index contributed by atoms with van der Waals surface area (Å²) in [5.41, 5.74) is 8.83. The third kappa shape index (κ3) is 2.89. The lowest BCUT2D eigenvalue weighted by atomic mass is 10.00. The standard InChI is InChI=1S/C12H17NO/c1-9-3-5-11(6-4-9)12(8-14)7-10(2)13/h3-6,8,10,14H,7,13H2,1-2H3/b12-8+. The van der Waals surface area contributed by atoms with E-state index in [9.17, 15) is 0 Å². The third-order valence-electron chi connectivity index (χ3n) is 2.12. The third-order valence-corrected chi connectivity index (χ3v) is 2.12. The van der Waals surface area contributed by atoms with Gasteiger partial charge in [-0.3, -0.25) is 0 Å². The highest BCUT2D eigenvalue weighted by molar-refractivity contribution is 5.65. The number of rotatable bonds is 3. The molecule has 1 aromatic rings. The summed E-state index contributed by atoms with van der Waals surface area (Å²) in [5, 5.41) is 9.08. The summed E-state index contributed by atoms with van der Waals surface area (Å²) in [6, 6.07) is 8.12. The monoisotopic (exact) mass is 191 g/mol. The van der Waals surface area contributed by atoms with Crippen LogP contribution < -0.4 is 5.73 Å². The number of aliphatic hydroxyl groups excluding tert-OH is 1. The molecule has 1 atom stereocenters. The van der Waals surface area contributed by atoms with E-state index in [1.165, 1.54) is 5.56 Å². The Kier molecular flexibility index (Phi) is 3.72. The van der Waals surface area contributed by atoms with Crippen molar-refractivity contribution in [1.82, 2.24) is 0 Å². The van der Waals surface area contributed by atoms with E-state index >= 15 is 0 Å². The zero-order valence-corrected chi connectivity index (χ0v) is 8.70. The van der Waals surface area contributed by atoms with Crippen LogP contribution in [0.4, 0.5) is 0 Å². The van der Waals surface area contributed by atoms with Crippen molar-refractivity contribution in [2.24, 2.45) is 5.73 Å². The zero-order chi connectivity index (χ0) is 10.6. The Morgan fingerprint density at radius 2 is 2.00 bits per heavy atom. The van der Waals surface area contributed by atoms with E-state index in [4.69, 9.17) is 10.8 Å². The lowest BCUT2D eigenvalue weighted by Gasteiger charge is -2.09. The molecule has 76 valence electrons. The topological polar surface area (TPSA) is 46.2 Å². The summed E-state index contributed by atoms with van der Waals surface area (Å²) in [5.74, 6) is 0. The van der Waals surface area contributed by atoms with Crippen molar-refractivity contribution in [3.63, 3.8) is 0 Å². The average Bonchev–Trinajstić information content (AvgIpc) is 2.15. The molecular formula is C12H17NO. The van der Waals surface area contributed by atoms with Crippen LogP contribution in [0.15, 0.2) is 30.5 Å². The maximum absolute atomic E-state index is 9.08. The Bertz CT molecular complexity index is 312. The fraction of sp³-hybridized carbons (Fsp3) is 0.333. The zero-order valence-electron chi connectivity index (χ0n) is 8.70. The molecule has 0 bridgehead atoms. The van der Waals surface area contributed by atoms with Gasteiger partial charge in [-0.25, -0.2) is 0 Å². The average molecular weight is 191 g/mol. The predicted octanol–water partition coefficient (Wildman–Crippen LogP) is 2.63. The van der Waals surface area contributed by atoms with E-state index in [1.807, 2.05) is 38.1 Å². The van der Waals surface area contributed by atoms with Crippen molar-refractivity contribution < 1.29 is 5.11 Å². The Morgan fingerprint density at radius 1 is 1.43 bits per heavy atom. The van der Waals surface area contributed by atoms with Crippen LogP contribution in [0.2, 0.25) is 0 Å². The SMILES string of the molecule is Cc1ccc(/C(=C/O)CC(C)N)cc1. The Balaban J connectivity index is 2.85. The van der Waals surface area contributed by atoms with Gasteiger partial charge in [-0.1, -0.05) is 29.8 Å². The van der Waals surface area contributed by atoms with E-state index in [0.29, 0.717) is 6.42 Å². The maximum atomic E-state index is 9.08. The molecule has 0 saturated carbocycles. The fourth-order valence-corrected chi connectivity index (χ4v) is 1.36. The van der Waals surface area contributed by atoms with Crippen LogP contribution in [-0.4, -0.2) is 11.1 Å². The molecule has 0 aliphatic rings. The normalized spacial score (nSPS) is 14.1. The van der Waals surface area contributed by atoms with E-state index in [1.54, 1.807) is 0 Å². The van der Waals surface area contributed by atoms with E-state index in [0.717, 1.165) is 17.4 Å². The van der Waals surface area contributed by atoms with Crippen LogP contribution in [0.5, 0.6) is 0 Å². The highest BCUT2D eigenvalue weighted by Gasteiger charge is 2.04. The smallest absolute Gasteiger partial charge is 0.0830 e. The van der Waals surface area contributed by atoms with Gasteiger partial charge in [0.1, 0.15) is 0 Å². The Hall–Kier alpha value is -1.28. The lowest BCUT2D eigenvalue weighted by Crippen LogP contribution is -2.15. The van der Waals surface area contributed by atoms with Crippen molar-refractivity contribution in [2.75, 3.05) is 0 Å². The molecule has 0 spiro atoms. The van der Waals surface area contributed by atoms with Crippen LogP contribution >= 0.6 is 0 Å². The number of aliphatic hydroxyl groups is 1. The molecule has 3 N–H and O–H groups in total. The van der Waals surface area contributed by atoms with Crippen molar-refractivity contribution in [3.8, 4) is 0 Å². The van der Waals surface area contributed by atoms with Gasteiger partial charge in [0.15, 0.2) is 0 Å². The number of hydrogen-bond acceptors (Lipinski definition) is 2. The van der Waals surface area contributed by atoms with Gasteiger partial charge in [0, 0.05) is 6.04 Å². The largest absolute Gasteiger partial charge is 0.515 e. The van der Waals surface area contributed by atoms with Crippen molar-refractivity contribution in [1.29, 1.82) is 0 Å². The van der Waals surface area contributed by atoms with Crippen LogP contribution in [-0.2, 0) is 0 Å². The van der Waals surface area contributed by atoms with Crippen LogP contribution in [0.3, 0.4) is 0 Å². The molecule has 0 fully saturated rings. The lowest BCUT2D eigenvalue weighted by molar-refractivity contribution is 0.473. The first kappa shape index (κ1) is 10.8. The number of aryl methyl sites for hydroxylation is 1. The molecule has 1 unspecified atom stereocenters. The Labute approximate surface area is 85.1 Å². The number of benzene rings is 1. The highest BCUT2D eigenvalue weighted by Crippen LogP contribution is 2.19. The van der Waals surface area contributed by atoms with Crippen LogP contribution in [0.25, 0.3) is 5.57 Å². The van der Waals surface area contributed by atoms with E-state index < -0.39 is 0 Å². The first-order chi connectivity index (χ1) is 6.63. The summed E-state index contributed by atoms with van der Waals surface area (Å²) in [7, 11) is 0. The molecule has 1 aromatic carbocycles. The summed E-state index contributed by atoms with van der Waals surface area (Å²) in [6.07, 6.45) is 1.84. The van der Waals surface area contributed by atoms with Crippen molar-refractivity contribution in [2.45, 2.75) is 26.3 Å². The van der Waals surface area contributed by atoms with E-state index in [2.05, 4.69) is 0 Å². The molecule has 0 aromatic heterocycles. The second-order valence-electron chi connectivity index (χ2n) is 3.70. The van der Waals surface area contributed by atoms with Gasteiger partial charge in [-0.15, -0.1) is 0 Å². The number of nitrogens with two attached hydrogens (primary N) is 1. The second-order valence-corrected chi connectivity index (χ2v) is 3.70. The maximum Gasteiger partial charge on any atom is 0.0830 e. The number of hydrogen-bond donors (Lipinski definition) is 2. The molecule has 1 rings (SSSR count). The summed E-state index contributed by atoms with van der Waals surface area (Å²) in [6.45, 7) is 3.97. The highest BCUT2D eigenvalue weighted by atomic mass is 16.2. The van der Waals surface area contributed by atoms with Gasteiger partial charge in [0.05, 0.1) is 6.26 Å². The van der Waals surface area contributed by atoms with E-state index in [-0.39, 0.29) is 6.04 Å². The molecule has 2 heteroatoms. The molecule has 2 nitrogen and oxygen atoms in total. The molecule has 0 saturated heterocycles. The van der Waals surface area contributed by atoms with Gasteiger partial charge < -0.3 is 10.8 Å². The molecule has 0 aliphatic carbocycles. The van der Waals surface area contributed by atoms with Gasteiger partial charge >= 0.3 is 0 Å². The molecular weight excluding hydrogens is 174 g/mol. The minimum Gasteiger partial charge on any atom is -0.515 e. The minimum absolute atomic E-state index is 0.0645. The second kappa shape index (κ2) is 4.82. The summed E-state index contributed by atoms with van der Waals surface area (Å²) < 4.78 is 0. The quantitative estimate of drug-likeness (QED) is 0.721. The molecule has 14 heavy (non-hydrogen) atoms. The van der Waals surface area contributed by atoms with Gasteiger partial charge in [-0.05, 0) is 31.4 Å². The summed E-state index contributed by atoms with van der Waals surface area (Å²) >= 11 is 0. The van der Waals surface area contributed by atoms with Crippen LogP contribution in [0.1, 0.15) is 24.5 Å². The first-order valence-corrected chi connectivity index (χ1v) is 4.79. The molecule has 0 radical (unpaired) electrons. The fourth-order valence-electron chi connectivity index (χ4n) is 1.36. The predicted molar refractivity (Wildman–Crippen MR) is 60.1 cm³/mol. The first-order valence-electron chi connectivity index (χ1n) is 4.79. The van der Waals surface area contributed by atoms with Crippen molar-refractivity contribution in [3.05, 3.63) is 41.7 Å². The van der Waals surface area contributed by atoms with Gasteiger partial charge in [0.2, 0.25) is 0 Å². The molecule has 0 aliphatic heterocycles. The molecule has 0 heterocycles. The van der Waals surface area contributed by atoms with Crippen molar-refractivity contribution >= 4 is 5.57 Å². The van der Waals surface area contributed by atoms with Gasteiger partial charge in [-0.2, -0.15) is 0 Å². The van der Waals surface area contributed by atoms with Gasteiger partial charge in [0.25, 0.3) is 0 Å². The molecule has 0 amide bonds.